The van der Waals surface area contributed by atoms with Gasteiger partial charge in [0.05, 0.1) is 19.4 Å². The average molecular weight is 329 g/mol. The summed E-state index contributed by atoms with van der Waals surface area (Å²) in [6.07, 6.45) is 3.20. The maximum absolute atomic E-state index is 12.3. The van der Waals surface area contributed by atoms with Gasteiger partial charge in [0.25, 0.3) is 0 Å². The molecule has 0 radical (unpaired) electrons. The molecule has 0 aliphatic heterocycles. The van der Waals surface area contributed by atoms with Crippen LogP contribution in [0, 0.1) is 19.3 Å². The molecular weight excluding hydrogens is 302 g/mol. The molecule has 2 rings (SSSR count). The van der Waals surface area contributed by atoms with Crippen molar-refractivity contribution in [3.63, 3.8) is 0 Å². The first kappa shape index (κ1) is 18.1. The van der Waals surface area contributed by atoms with Gasteiger partial charge in [-0.25, -0.2) is 0 Å². The van der Waals surface area contributed by atoms with Crippen LogP contribution in [0.5, 0.6) is 5.75 Å². The Morgan fingerprint density at radius 2 is 2.04 bits per heavy atom. The van der Waals surface area contributed by atoms with E-state index in [1.165, 1.54) is 5.56 Å². The summed E-state index contributed by atoms with van der Waals surface area (Å²) in [5, 5.41) is 2.93. The summed E-state index contributed by atoms with van der Waals surface area (Å²) in [6, 6.07) is 9.87. The lowest BCUT2D eigenvalue weighted by atomic mass is 9.87. The largest absolute Gasteiger partial charge is 0.493 e. The summed E-state index contributed by atoms with van der Waals surface area (Å²) >= 11 is 0. The number of hydrogen-bond acceptors (Lipinski definition) is 3. The molecule has 1 amide bonds. The van der Waals surface area contributed by atoms with Gasteiger partial charge in [0, 0.05) is 5.41 Å². The zero-order valence-electron chi connectivity index (χ0n) is 15.0. The lowest BCUT2D eigenvalue weighted by Crippen LogP contribution is -2.36. The highest BCUT2D eigenvalue weighted by Gasteiger charge is 2.27. The number of aryl methyl sites for hydroxylation is 2. The molecule has 24 heavy (non-hydrogen) atoms. The molecule has 1 N–H and O–H groups in total. The number of furan rings is 1. The van der Waals surface area contributed by atoms with Gasteiger partial charge in [-0.3, -0.25) is 4.79 Å². The van der Waals surface area contributed by atoms with Crippen molar-refractivity contribution in [3.05, 3.63) is 53.5 Å². The number of nitrogens with one attached hydrogen (secondary N) is 1. The Balaban J connectivity index is 1.75. The molecule has 0 unspecified atom stereocenters. The first-order valence-electron chi connectivity index (χ1n) is 8.39. The minimum atomic E-state index is -0.433. The summed E-state index contributed by atoms with van der Waals surface area (Å²) in [5.74, 6) is 1.72. The Kier molecular flexibility index (Phi) is 6.07. The van der Waals surface area contributed by atoms with Gasteiger partial charge in [0.1, 0.15) is 11.5 Å². The van der Waals surface area contributed by atoms with Crippen LogP contribution in [0.15, 0.2) is 41.0 Å². The van der Waals surface area contributed by atoms with Crippen LogP contribution >= 0.6 is 0 Å². The number of carbonyl (C=O) groups is 1. The van der Waals surface area contributed by atoms with Gasteiger partial charge in [-0.1, -0.05) is 26.0 Å². The van der Waals surface area contributed by atoms with E-state index in [2.05, 4.69) is 30.4 Å². The smallest absolute Gasteiger partial charge is 0.226 e. The van der Waals surface area contributed by atoms with Gasteiger partial charge in [0.15, 0.2) is 0 Å². The number of benzene rings is 1. The van der Waals surface area contributed by atoms with Crippen LogP contribution in [0.25, 0.3) is 0 Å². The first-order chi connectivity index (χ1) is 11.4. The maximum Gasteiger partial charge on any atom is 0.226 e. The molecule has 130 valence electrons. The maximum atomic E-state index is 12.3. The Bertz CT molecular complexity index is 660. The van der Waals surface area contributed by atoms with E-state index in [4.69, 9.17) is 9.15 Å². The van der Waals surface area contributed by atoms with Crippen LogP contribution in [-0.4, -0.2) is 12.5 Å². The van der Waals surface area contributed by atoms with Crippen molar-refractivity contribution >= 4 is 5.91 Å². The van der Waals surface area contributed by atoms with E-state index in [1.54, 1.807) is 6.26 Å². The summed E-state index contributed by atoms with van der Waals surface area (Å²) in [5.41, 5.74) is 1.89. The highest BCUT2D eigenvalue weighted by atomic mass is 16.5. The van der Waals surface area contributed by atoms with Crippen molar-refractivity contribution in [2.24, 2.45) is 5.41 Å². The zero-order valence-corrected chi connectivity index (χ0v) is 15.0. The van der Waals surface area contributed by atoms with E-state index in [0.717, 1.165) is 29.9 Å². The number of hydrogen-bond donors (Lipinski definition) is 1. The fourth-order valence-corrected chi connectivity index (χ4v) is 2.49. The van der Waals surface area contributed by atoms with Crippen LogP contribution in [-0.2, 0) is 11.3 Å². The first-order valence-corrected chi connectivity index (χ1v) is 8.39. The number of carbonyl (C=O) groups excluding carboxylic acids is 1. The lowest BCUT2D eigenvalue weighted by Gasteiger charge is -2.23. The van der Waals surface area contributed by atoms with E-state index < -0.39 is 5.41 Å². The molecular formula is C20H27NO3. The van der Waals surface area contributed by atoms with Gasteiger partial charge >= 0.3 is 0 Å². The van der Waals surface area contributed by atoms with Crippen LogP contribution < -0.4 is 10.1 Å². The topological polar surface area (TPSA) is 51.5 Å². The molecule has 0 atom stereocenters. The molecule has 0 spiro atoms. The van der Waals surface area contributed by atoms with E-state index in [1.807, 2.05) is 32.9 Å². The second-order valence-electron chi connectivity index (χ2n) is 6.87. The van der Waals surface area contributed by atoms with Crippen LogP contribution in [0.1, 0.15) is 43.6 Å². The average Bonchev–Trinajstić information content (AvgIpc) is 3.05. The van der Waals surface area contributed by atoms with E-state index in [9.17, 15) is 4.79 Å². The molecule has 0 saturated carbocycles. The predicted molar refractivity (Wildman–Crippen MR) is 95.0 cm³/mol. The minimum Gasteiger partial charge on any atom is -0.493 e. The monoisotopic (exact) mass is 329 g/mol. The molecule has 4 nitrogen and oxygen atoms in total. The third-order valence-electron chi connectivity index (χ3n) is 4.17. The second-order valence-corrected chi connectivity index (χ2v) is 6.87. The summed E-state index contributed by atoms with van der Waals surface area (Å²) in [4.78, 5) is 12.3. The minimum absolute atomic E-state index is 0.0330. The van der Waals surface area contributed by atoms with Gasteiger partial charge in [0.2, 0.25) is 5.91 Å². The molecule has 0 bridgehead atoms. The molecule has 0 aliphatic carbocycles. The summed E-state index contributed by atoms with van der Waals surface area (Å²) < 4.78 is 11.1. The summed E-state index contributed by atoms with van der Waals surface area (Å²) in [6.45, 7) is 9.05. The lowest BCUT2D eigenvalue weighted by molar-refractivity contribution is -0.130. The quantitative estimate of drug-likeness (QED) is 0.730. The third-order valence-corrected chi connectivity index (χ3v) is 4.17. The van der Waals surface area contributed by atoms with Gasteiger partial charge in [-0.15, -0.1) is 0 Å². The fourth-order valence-electron chi connectivity index (χ4n) is 2.49. The number of rotatable bonds is 8. The zero-order chi connectivity index (χ0) is 17.6. The Labute approximate surface area is 144 Å². The fraction of sp³-hybridized carbons (Fsp3) is 0.450. The second kappa shape index (κ2) is 8.04. The molecule has 2 aromatic rings. The molecule has 0 aliphatic rings. The van der Waals surface area contributed by atoms with E-state index in [-0.39, 0.29) is 5.91 Å². The SMILES string of the molecule is Cc1ccc(C)c(OCCCC(C)(C)C(=O)NCc2ccco2)c1. The molecule has 1 aromatic heterocycles. The van der Waals surface area contributed by atoms with Crippen molar-refractivity contribution in [2.75, 3.05) is 6.61 Å². The predicted octanol–water partition coefficient (Wildman–Crippen LogP) is 4.40. The van der Waals surface area contributed by atoms with Crippen LogP contribution in [0.3, 0.4) is 0 Å². The van der Waals surface area contributed by atoms with Crippen molar-refractivity contribution in [1.29, 1.82) is 0 Å². The Morgan fingerprint density at radius 1 is 1.25 bits per heavy atom. The molecule has 4 heteroatoms. The Morgan fingerprint density at radius 3 is 2.75 bits per heavy atom. The van der Waals surface area contributed by atoms with Gasteiger partial charge in [-0.05, 0) is 56.0 Å². The van der Waals surface area contributed by atoms with Crippen LogP contribution in [0.4, 0.5) is 0 Å². The normalized spacial score (nSPS) is 11.3. The standard InChI is InChI=1S/C20H27NO3/c1-15-8-9-16(2)18(13-15)24-12-6-10-20(3,4)19(22)21-14-17-7-5-11-23-17/h5,7-9,11,13H,6,10,12,14H2,1-4H3,(H,21,22). The van der Waals surface area contributed by atoms with Crippen molar-refractivity contribution < 1.29 is 13.9 Å². The highest BCUT2D eigenvalue weighted by molar-refractivity contribution is 5.81. The summed E-state index contributed by atoms with van der Waals surface area (Å²) in [7, 11) is 0. The van der Waals surface area contributed by atoms with Gasteiger partial charge < -0.3 is 14.5 Å². The van der Waals surface area contributed by atoms with E-state index >= 15 is 0 Å². The van der Waals surface area contributed by atoms with Crippen molar-refractivity contribution in [2.45, 2.75) is 47.1 Å². The molecule has 0 fully saturated rings. The third kappa shape index (κ3) is 5.15. The number of amides is 1. The molecule has 0 saturated heterocycles. The van der Waals surface area contributed by atoms with Crippen LogP contribution in [0.2, 0.25) is 0 Å². The molecule has 1 aromatic carbocycles. The van der Waals surface area contributed by atoms with Crippen molar-refractivity contribution in [1.82, 2.24) is 5.32 Å². The van der Waals surface area contributed by atoms with E-state index in [0.29, 0.717) is 13.2 Å². The highest BCUT2D eigenvalue weighted by Crippen LogP contribution is 2.24. The van der Waals surface area contributed by atoms with Gasteiger partial charge in [-0.2, -0.15) is 0 Å². The number of ether oxygens (including phenoxy) is 1. The Hall–Kier alpha value is -2.23. The molecule has 1 heterocycles. The van der Waals surface area contributed by atoms with Crippen molar-refractivity contribution in [3.8, 4) is 5.75 Å².